The SMILES string of the molecule is NCc1ccc(Sc2cccc(Br)c2)cn1. The third-order valence-electron chi connectivity index (χ3n) is 2.04. The lowest BCUT2D eigenvalue weighted by atomic mass is 10.3. The molecule has 0 saturated heterocycles. The van der Waals surface area contributed by atoms with Gasteiger partial charge in [-0.15, -0.1) is 0 Å². The highest BCUT2D eigenvalue weighted by atomic mass is 79.9. The van der Waals surface area contributed by atoms with Crippen molar-refractivity contribution in [2.75, 3.05) is 0 Å². The van der Waals surface area contributed by atoms with Crippen LogP contribution >= 0.6 is 27.7 Å². The first-order valence-corrected chi connectivity index (χ1v) is 6.47. The quantitative estimate of drug-likeness (QED) is 0.942. The van der Waals surface area contributed by atoms with E-state index in [9.17, 15) is 0 Å². The largest absolute Gasteiger partial charge is 0.325 e. The van der Waals surface area contributed by atoms with Crippen LogP contribution in [-0.4, -0.2) is 4.98 Å². The molecule has 0 spiro atoms. The number of hydrogen-bond acceptors (Lipinski definition) is 3. The minimum Gasteiger partial charge on any atom is -0.325 e. The summed E-state index contributed by atoms with van der Waals surface area (Å²) in [6.07, 6.45) is 1.85. The third kappa shape index (κ3) is 3.07. The molecule has 4 heteroatoms. The van der Waals surface area contributed by atoms with Crippen molar-refractivity contribution in [3.8, 4) is 0 Å². The second-order valence-corrected chi connectivity index (χ2v) is 5.31. The molecule has 0 atom stereocenters. The molecule has 2 rings (SSSR count). The maximum absolute atomic E-state index is 5.50. The Morgan fingerprint density at radius 2 is 2.06 bits per heavy atom. The van der Waals surface area contributed by atoms with Crippen molar-refractivity contribution in [2.45, 2.75) is 16.3 Å². The highest BCUT2D eigenvalue weighted by Gasteiger charge is 1.99. The summed E-state index contributed by atoms with van der Waals surface area (Å²) in [4.78, 5) is 6.57. The van der Waals surface area contributed by atoms with Crippen molar-refractivity contribution in [3.05, 3.63) is 52.8 Å². The Balaban J connectivity index is 2.14. The Hall–Kier alpha value is -0.840. The molecule has 0 radical (unpaired) electrons. The molecule has 82 valence electrons. The van der Waals surface area contributed by atoms with Gasteiger partial charge in [0.1, 0.15) is 0 Å². The van der Waals surface area contributed by atoms with Gasteiger partial charge < -0.3 is 5.73 Å². The molecule has 0 aliphatic rings. The average Bonchev–Trinajstić information content (AvgIpc) is 2.30. The van der Waals surface area contributed by atoms with Crippen LogP contribution in [0.2, 0.25) is 0 Å². The first-order valence-electron chi connectivity index (χ1n) is 4.86. The fraction of sp³-hybridized carbons (Fsp3) is 0.0833. The van der Waals surface area contributed by atoms with Crippen LogP contribution in [-0.2, 0) is 6.54 Å². The maximum Gasteiger partial charge on any atom is 0.0540 e. The summed E-state index contributed by atoms with van der Waals surface area (Å²) in [6, 6.07) is 12.2. The molecule has 2 N–H and O–H groups in total. The van der Waals surface area contributed by atoms with E-state index in [1.165, 1.54) is 4.90 Å². The normalized spacial score (nSPS) is 10.4. The lowest BCUT2D eigenvalue weighted by Crippen LogP contribution is -1.98. The molecule has 2 aromatic rings. The zero-order chi connectivity index (χ0) is 11.4. The molecular weight excluding hydrogens is 284 g/mol. The van der Waals surface area contributed by atoms with Gasteiger partial charge in [-0.25, -0.2) is 0 Å². The number of rotatable bonds is 3. The maximum atomic E-state index is 5.50. The van der Waals surface area contributed by atoms with E-state index in [0.717, 1.165) is 15.1 Å². The minimum atomic E-state index is 0.488. The fourth-order valence-electron chi connectivity index (χ4n) is 1.26. The van der Waals surface area contributed by atoms with E-state index < -0.39 is 0 Å². The molecule has 0 amide bonds. The molecule has 1 aromatic heterocycles. The minimum absolute atomic E-state index is 0.488. The highest BCUT2D eigenvalue weighted by Crippen LogP contribution is 2.28. The van der Waals surface area contributed by atoms with Crippen molar-refractivity contribution in [1.82, 2.24) is 4.98 Å². The van der Waals surface area contributed by atoms with Crippen molar-refractivity contribution in [1.29, 1.82) is 0 Å². The van der Waals surface area contributed by atoms with E-state index in [-0.39, 0.29) is 0 Å². The van der Waals surface area contributed by atoms with Crippen LogP contribution in [0, 0.1) is 0 Å². The first-order chi connectivity index (χ1) is 7.78. The number of benzene rings is 1. The zero-order valence-electron chi connectivity index (χ0n) is 8.56. The number of pyridine rings is 1. The Morgan fingerprint density at radius 1 is 1.19 bits per heavy atom. The molecule has 0 aliphatic carbocycles. The van der Waals surface area contributed by atoms with Gasteiger partial charge in [-0.05, 0) is 30.3 Å². The Morgan fingerprint density at radius 3 is 2.69 bits per heavy atom. The second-order valence-electron chi connectivity index (χ2n) is 3.25. The summed E-state index contributed by atoms with van der Waals surface area (Å²) < 4.78 is 1.09. The van der Waals surface area contributed by atoms with Crippen molar-refractivity contribution >= 4 is 27.7 Å². The standard InChI is InChI=1S/C12H11BrN2S/c13-9-2-1-3-11(6-9)16-12-5-4-10(7-14)15-8-12/h1-6,8H,7,14H2. The van der Waals surface area contributed by atoms with E-state index in [4.69, 9.17) is 5.73 Å². The van der Waals surface area contributed by atoms with Crippen LogP contribution in [0.15, 0.2) is 56.9 Å². The lowest BCUT2D eigenvalue weighted by molar-refractivity contribution is 0.977. The van der Waals surface area contributed by atoms with E-state index >= 15 is 0 Å². The van der Waals surface area contributed by atoms with E-state index in [2.05, 4.69) is 33.0 Å². The van der Waals surface area contributed by atoms with Crippen molar-refractivity contribution < 1.29 is 0 Å². The number of halogens is 1. The molecule has 0 fully saturated rings. The first kappa shape index (κ1) is 11.6. The summed E-state index contributed by atoms with van der Waals surface area (Å²) in [5.41, 5.74) is 6.41. The predicted molar refractivity (Wildman–Crippen MR) is 70.4 cm³/mol. The van der Waals surface area contributed by atoms with Gasteiger partial charge in [-0.3, -0.25) is 4.98 Å². The third-order valence-corrected chi connectivity index (χ3v) is 3.50. The summed E-state index contributed by atoms with van der Waals surface area (Å²) in [5.74, 6) is 0. The number of hydrogen-bond donors (Lipinski definition) is 1. The lowest BCUT2D eigenvalue weighted by Gasteiger charge is -2.02. The van der Waals surface area contributed by atoms with E-state index in [1.807, 2.05) is 30.5 Å². The van der Waals surface area contributed by atoms with E-state index in [0.29, 0.717) is 6.54 Å². The van der Waals surface area contributed by atoms with Gasteiger partial charge in [0.25, 0.3) is 0 Å². The molecular formula is C12H11BrN2S. The summed E-state index contributed by atoms with van der Waals surface area (Å²) in [6.45, 7) is 0.488. The van der Waals surface area contributed by atoms with Crippen LogP contribution < -0.4 is 5.73 Å². The monoisotopic (exact) mass is 294 g/mol. The van der Waals surface area contributed by atoms with Crippen LogP contribution in [0.5, 0.6) is 0 Å². The molecule has 2 nitrogen and oxygen atoms in total. The molecule has 0 unspecified atom stereocenters. The smallest absolute Gasteiger partial charge is 0.0540 e. The van der Waals surface area contributed by atoms with Gasteiger partial charge in [-0.2, -0.15) is 0 Å². The van der Waals surface area contributed by atoms with Crippen LogP contribution in [0.3, 0.4) is 0 Å². The molecule has 0 bridgehead atoms. The van der Waals surface area contributed by atoms with Crippen molar-refractivity contribution in [3.63, 3.8) is 0 Å². The van der Waals surface area contributed by atoms with Gasteiger partial charge in [0.2, 0.25) is 0 Å². The van der Waals surface area contributed by atoms with Gasteiger partial charge in [0, 0.05) is 27.0 Å². The fourth-order valence-corrected chi connectivity index (χ4v) is 2.66. The van der Waals surface area contributed by atoms with Gasteiger partial charge in [0.15, 0.2) is 0 Å². The Labute approximate surface area is 107 Å². The van der Waals surface area contributed by atoms with Crippen LogP contribution in [0.4, 0.5) is 0 Å². The Bertz CT molecular complexity index is 471. The van der Waals surface area contributed by atoms with Crippen molar-refractivity contribution in [2.24, 2.45) is 5.73 Å². The molecule has 1 aromatic carbocycles. The van der Waals surface area contributed by atoms with Gasteiger partial charge in [-0.1, -0.05) is 33.8 Å². The van der Waals surface area contributed by atoms with Crippen LogP contribution in [0.25, 0.3) is 0 Å². The molecule has 0 aliphatic heterocycles. The molecule has 0 saturated carbocycles. The molecule has 1 heterocycles. The Kier molecular flexibility index (Phi) is 3.98. The van der Waals surface area contributed by atoms with Gasteiger partial charge in [0.05, 0.1) is 5.69 Å². The highest BCUT2D eigenvalue weighted by molar-refractivity contribution is 9.10. The number of aromatic nitrogens is 1. The number of nitrogens with zero attached hydrogens (tertiary/aromatic N) is 1. The summed E-state index contributed by atoms with van der Waals surface area (Å²) in [5, 5.41) is 0. The predicted octanol–water partition coefficient (Wildman–Crippen LogP) is 3.45. The number of nitrogens with two attached hydrogens (primary N) is 1. The topological polar surface area (TPSA) is 38.9 Å². The van der Waals surface area contributed by atoms with Crippen LogP contribution in [0.1, 0.15) is 5.69 Å². The van der Waals surface area contributed by atoms with Gasteiger partial charge >= 0.3 is 0 Å². The summed E-state index contributed by atoms with van der Waals surface area (Å²) in [7, 11) is 0. The molecule has 16 heavy (non-hydrogen) atoms. The second kappa shape index (κ2) is 5.48. The zero-order valence-corrected chi connectivity index (χ0v) is 11.0. The average molecular weight is 295 g/mol. The summed E-state index contributed by atoms with van der Waals surface area (Å²) >= 11 is 5.14. The van der Waals surface area contributed by atoms with E-state index in [1.54, 1.807) is 11.8 Å².